The number of hydrogen-bond donors (Lipinski definition) is 1. The summed E-state index contributed by atoms with van der Waals surface area (Å²) in [5.74, 6) is -2.00. The molecule has 0 fully saturated rings. The fourth-order valence-electron chi connectivity index (χ4n) is 1.51. The number of halogens is 5. The van der Waals surface area contributed by atoms with Gasteiger partial charge in [-0.1, -0.05) is 27.5 Å². The van der Waals surface area contributed by atoms with Crippen molar-refractivity contribution in [3.63, 3.8) is 0 Å². The normalized spacial score (nSPS) is 11.5. The molecular weight excluding hydrogens is 455 g/mol. The lowest BCUT2D eigenvalue weighted by atomic mass is 10.3. The van der Waals surface area contributed by atoms with Crippen LogP contribution >= 0.6 is 43.5 Å². The average Bonchev–Trinajstić information content (AvgIpc) is 2.36. The molecule has 0 radical (unpaired) electrons. The molecule has 2 rings (SSSR count). The van der Waals surface area contributed by atoms with E-state index in [0.717, 1.165) is 6.07 Å². The maximum atomic E-state index is 13.7. The third-order valence-electron chi connectivity index (χ3n) is 2.43. The summed E-state index contributed by atoms with van der Waals surface area (Å²) >= 11 is 11.9. The molecule has 1 N–H and O–H groups in total. The molecule has 2 aromatic rings. The predicted molar refractivity (Wildman–Crippen MR) is 84.0 cm³/mol. The van der Waals surface area contributed by atoms with Crippen molar-refractivity contribution in [3.8, 4) is 0 Å². The van der Waals surface area contributed by atoms with E-state index in [1.54, 1.807) is 6.07 Å². The van der Waals surface area contributed by atoms with Crippen LogP contribution in [-0.4, -0.2) is 8.42 Å². The van der Waals surface area contributed by atoms with E-state index in [4.69, 9.17) is 11.6 Å². The molecule has 0 spiro atoms. The Balaban J connectivity index is 2.50. The Hall–Kier alpha value is -0.700. The number of nitrogens with one attached hydrogen (secondary N) is 1. The van der Waals surface area contributed by atoms with E-state index >= 15 is 0 Å². The molecule has 0 bridgehead atoms. The third kappa shape index (κ3) is 3.74. The van der Waals surface area contributed by atoms with Gasteiger partial charge in [-0.15, -0.1) is 0 Å². The smallest absolute Gasteiger partial charge is 0.263 e. The van der Waals surface area contributed by atoms with Crippen molar-refractivity contribution in [2.24, 2.45) is 0 Å². The lowest BCUT2D eigenvalue weighted by Crippen LogP contribution is -2.15. The van der Waals surface area contributed by atoms with Crippen LogP contribution in [0.4, 0.5) is 14.5 Å². The van der Waals surface area contributed by atoms with Crippen molar-refractivity contribution in [3.05, 3.63) is 55.9 Å². The van der Waals surface area contributed by atoms with Crippen LogP contribution in [0.1, 0.15) is 0 Å². The zero-order valence-corrected chi connectivity index (χ0v) is 14.7. The van der Waals surface area contributed by atoms with E-state index in [1.807, 2.05) is 4.72 Å². The summed E-state index contributed by atoms with van der Waals surface area (Å²) in [6.45, 7) is 0. The van der Waals surface area contributed by atoms with Crippen LogP contribution in [0.15, 0.2) is 44.2 Å². The monoisotopic (exact) mass is 459 g/mol. The van der Waals surface area contributed by atoms with Crippen LogP contribution in [0, 0.1) is 11.6 Å². The molecule has 0 aliphatic heterocycles. The van der Waals surface area contributed by atoms with Gasteiger partial charge in [-0.25, -0.2) is 17.2 Å². The van der Waals surface area contributed by atoms with Crippen LogP contribution in [0.5, 0.6) is 0 Å². The molecule has 112 valence electrons. The highest BCUT2D eigenvalue weighted by atomic mass is 79.9. The Bertz CT molecular complexity index is 792. The first-order chi connectivity index (χ1) is 9.70. The Morgan fingerprint density at radius 1 is 1.10 bits per heavy atom. The first-order valence-electron chi connectivity index (χ1n) is 5.33. The molecule has 0 aliphatic rings. The van der Waals surface area contributed by atoms with Crippen LogP contribution < -0.4 is 4.72 Å². The molecule has 0 saturated carbocycles. The molecule has 0 saturated heterocycles. The van der Waals surface area contributed by atoms with Gasteiger partial charge in [-0.3, -0.25) is 4.72 Å². The van der Waals surface area contributed by atoms with Crippen LogP contribution in [0.3, 0.4) is 0 Å². The second-order valence-electron chi connectivity index (χ2n) is 3.92. The van der Waals surface area contributed by atoms with Gasteiger partial charge in [0.15, 0.2) is 5.82 Å². The summed E-state index contributed by atoms with van der Waals surface area (Å²) in [6.07, 6.45) is 0. The lowest BCUT2D eigenvalue weighted by molar-refractivity contribution is 0.583. The van der Waals surface area contributed by atoms with Crippen LogP contribution in [-0.2, 0) is 10.0 Å². The molecule has 2 aromatic carbocycles. The maximum absolute atomic E-state index is 13.7. The van der Waals surface area contributed by atoms with Gasteiger partial charge in [0.05, 0.1) is 5.02 Å². The Kier molecular flexibility index (Phi) is 4.92. The van der Waals surface area contributed by atoms with Gasteiger partial charge in [-0.2, -0.15) is 0 Å². The third-order valence-corrected chi connectivity index (χ3v) is 5.56. The summed E-state index contributed by atoms with van der Waals surface area (Å²) in [5, 5.41) is -0.373. The fourth-order valence-corrected chi connectivity index (χ4v) is 4.40. The SMILES string of the molecule is O=S(=O)(Nc1c(F)cc(F)cc1Cl)c1cc(Br)ccc1Br. The molecule has 0 amide bonds. The van der Waals surface area contributed by atoms with Crippen LogP contribution in [0.25, 0.3) is 0 Å². The van der Waals surface area contributed by atoms with Gasteiger partial charge in [0.25, 0.3) is 10.0 Å². The summed E-state index contributed by atoms with van der Waals surface area (Å²) in [4.78, 5) is -0.114. The Morgan fingerprint density at radius 3 is 2.38 bits per heavy atom. The molecule has 0 aliphatic carbocycles. The molecule has 0 heterocycles. The summed E-state index contributed by atoms with van der Waals surface area (Å²) < 4.78 is 54.0. The highest BCUT2D eigenvalue weighted by Crippen LogP contribution is 2.31. The van der Waals surface area contributed by atoms with Gasteiger partial charge >= 0.3 is 0 Å². The molecular formula is C12H6Br2ClF2NO2S. The van der Waals surface area contributed by atoms with E-state index in [0.29, 0.717) is 10.5 Å². The number of anilines is 1. The van der Waals surface area contributed by atoms with Crippen molar-refractivity contribution >= 4 is 59.2 Å². The minimum atomic E-state index is -4.10. The first-order valence-corrected chi connectivity index (χ1v) is 8.78. The quantitative estimate of drug-likeness (QED) is 0.704. The summed E-state index contributed by atoms with van der Waals surface area (Å²) in [7, 11) is -4.10. The van der Waals surface area contributed by atoms with Crippen molar-refractivity contribution in [2.75, 3.05) is 4.72 Å². The number of hydrogen-bond acceptors (Lipinski definition) is 2. The van der Waals surface area contributed by atoms with E-state index in [2.05, 4.69) is 31.9 Å². The maximum Gasteiger partial charge on any atom is 0.263 e. The minimum absolute atomic E-state index is 0.114. The molecule has 0 unspecified atom stereocenters. The van der Waals surface area contributed by atoms with E-state index in [9.17, 15) is 17.2 Å². The number of benzene rings is 2. The van der Waals surface area contributed by atoms with Crippen molar-refractivity contribution in [2.45, 2.75) is 4.90 Å². The first kappa shape index (κ1) is 16.7. The highest BCUT2D eigenvalue weighted by molar-refractivity contribution is 9.11. The van der Waals surface area contributed by atoms with Gasteiger partial charge in [0, 0.05) is 15.0 Å². The predicted octanol–water partition coefficient (Wildman–Crippen LogP) is 4.94. The molecule has 9 heteroatoms. The lowest BCUT2D eigenvalue weighted by Gasteiger charge is -2.12. The number of sulfonamides is 1. The second-order valence-corrected chi connectivity index (χ2v) is 7.75. The van der Waals surface area contributed by atoms with Gasteiger partial charge in [-0.05, 0) is 40.2 Å². The topological polar surface area (TPSA) is 46.2 Å². The number of rotatable bonds is 3. The van der Waals surface area contributed by atoms with Gasteiger partial charge < -0.3 is 0 Å². The standard InChI is InChI=1S/C12H6Br2ClF2NO2S/c13-6-1-2-8(14)11(3-6)21(19,20)18-12-9(15)4-7(16)5-10(12)17/h1-5,18H. The molecule has 0 atom stereocenters. The Morgan fingerprint density at radius 2 is 1.76 bits per heavy atom. The largest absolute Gasteiger partial charge is 0.275 e. The van der Waals surface area contributed by atoms with Gasteiger partial charge in [0.2, 0.25) is 0 Å². The van der Waals surface area contributed by atoms with E-state index < -0.39 is 27.3 Å². The zero-order chi connectivity index (χ0) is 15.8. The summed E-state index contributed by atoms with van der Waals surface area (Å²) in [6, 6.07) is 5.84. The highest BCUT2D eigenvalue weighted by Gasteiger charge is 2.22. The van der Waals surface area contributed by atoms with Crippen molar-refractivity contribution < 1.29 is 17.2 Å². The van der Waals surface area contributed by atoms with E-state index in [1.165, 1.54) is 12.1 Å². The van der Waals surface area contributed by atoms with Crippen molar-refractivity contribution in [1.82, 2.24) is 0 Å². The average molecular weight is 462 g/mol. The zero-order valence-electron chi connectivity index (χ0n) is 10.0. The Labute approximate surface area is 141 Å². The molecule has 0 aromatic heterocycles. The molecule has 3 nitrogen and oxygen atoms in total. The summed E-state index contributed by atoms with van der Waals surface area (Å²) in [5.41, 5.74) is -0.509. The second kappa shape index (κ2) is 6.20. The fraction of sp³-hybridized carbons (Fsp3) is 0. The minimum Gasteiger partial charge on any atom is -0.275 e. The van der Waals surface area contributed by atoms with Crippen LogP contribution in [0.2, 0.25) is 5.02 Å². The molecule has 21 heavy (non-hydrogen) atoms. The van der Waals surface area contributed by atoms with Crippen molar-refractivity contribution in [1.29, 1.82) is 0 Å². The van der Waals surface area contributed by atoms with Gasteiger partial charge in [0.1, 0.15) is 16.4 Å². The van der Waals surface area contributed by atoms with E-state index in [-0.39, 0.29) is 14.4 Å².